The van der Waals surface area contributed by atoms with Crippen molar-refractivity contribution in [3.63, 3.8) is 0 Å². The highest BCUT2D eigenvalue weighted by Gasteiger charge is 2.71. The summed E-state index contributed by atoms with van der Waals surface area (Å²) in [5, 5.41) is 9.54. The number of nitrogens with one attached hydrogen (secondary N) is 1. The van der Waals surface area contributed by atoms with Gasteiger partial charge in [-0.25, -0.2) is 17.6 Å². The molecule has 0 aliphatic carbocycles. The van der Waals surface area contributed by atoms with Crippen molar-refractivity contribution in [2.75, 3.05) is 4.72 Å². The standard InChI is InChI=1S/C29H26F7N3O5S/c1-3-13-38-24-12-10-20(16-22(24)25(40)39(14-4-2)26(38)41)45(43,44)37-19-8-5-17(6-9-19)21-11-7-18(15-23(21)30)27(42,28(31,32)33)29(34,35)36/h5-12,15-16,37,42H,3-4,13-14H2,1-2H3. The molecule has 0 atom stereocenters. The molecule has 3 aromatic carbocycles. The van der Waals surface area contributed by atoms with Gasteiger partial charge in [-0.2, -0.15) is 26.3 Å². The molecule has 4 rings (SSSR count). The molecule has 0 aliphatic rings. The van der Waals surface area contributed by atoms with Gasteiger partial charge >= 0.3 is 18.0 Å². The molecule has 0 fully saturated rings. The second-order valence-corrected chi connectivity index (χ2v) is 11.8. The summed E-state index contributed by atoms with van der Waals surface area (Å²) in [6.45, 7) is 4.05. The number of sulfonamides is 1. The fourth-order valence-electron chi connectivity index (χ4n) is 4.82. The van der Waals surface area contributed by atoms with Crippen LogP contribution in [0, 0.1) is 5.82 Å². The van der Waals surface area contributed by atoms with Crippen LogP contribution in [0.4, 0.5) is 36.4 Å². The third-order valence-corrected chi connectivity index (χ3v) is 8.44. The highest BCUT2D eigenvalue weighted by Crippen LogP contribution is 2.50. The van der Waals surface area contributed by atoms with E-state index < -0.39 is 56.2 Å². The Kier molecular flexibility index (Phi) is 8.96. The van der Waals surface area contributed by atoms with E-state index in [4.69, 9.17) is 0 Å². The zero-order valence-electron chi connectivity index (χ0n) is 23.6. The van der Waals surface area contributed by atoms with Crippen LogP contribution >= 0.6 is 0 Å². The van der Waals surface area contributed by atoms with Gasteiger partial charge in [-0.3, -0.25) is 18.7 Å². The van der Waals surface area contributed by atoms with Crippen molar-refractivity contribution in [2.24, 2.45) is 0 Å². The Morgan fingerprint density at radius 3 is 1.91 bits per heavy atom. The summed E-state index contributed by atoms with van der Waals surface area (Å²) in [5.74, 6) is -1.50. The number of nitrogens with zero attached hydrogens (tertiary/aromatic N) is 2. The van der Waals surface area contributed by atoms with Crippen molar-refractivity contribution in [2.45, 2.75) is 62.6 Å². The summed E-state index contributed by atoms with van der Waals surface area (Å²) in [5.41, 5.74) is -8.46. The molecular weight excluding hydrogens is 635 g/mol. The van der Waals surface area contributed by atoms with Crippen molar-refractivity contribution >= 4 is 26.6 Å². The lowest BCUT2D eigenvalue weighted by Crippen LogP contribution is -2.53. The normalized spacial score (nSPS) is 12.9. The Labute approximate surface area is 251 Å². The molecule has 0 amide bonds. The van der Waals surface area contributed by atoms with Gasteiger partial charge in [-0.05, 0) is 54.8 Å². The number of hydrogen-bond donors (Lipinski definition) is 2. The summed E-state index contributed by atoms with van der Waals surface area (Å²) in [6.07, 6.45) is -11.3. The zero-order valence-corrected chi connectivity index (χ0v) is 24.4. The monoisotopic (exact) mass is 661 g/mol. The lowest BCUT2D eigenvalue weighted by Gasteiger charge is -2.32. The van der Waals surface area contributed by atoms with Crippen molar-refractivity contribution in [1.29, 1.82) is 0 Å². The van der Waals surface area contributed by atoms with Crippen molar-refractivity contribution < 1.29 is 44.3 Å². The lowest BCUT2D eigenvalue weighted by atomic mass is 9.90. The van der Waals surface area contributed by atoms with Crippen LogP contribution in [-0.2, 0) is 28.7 Å². The molecule has 16 heteroatoms. The smallest absolute Gasteiger partial charge is 0.369 e. The van der Waals surface area contributed by atoms with E-state index in [1.54, 1.807) is 6.92 Å². The van der Waals surface area contributed by atoms with Crippen molar-refractivity contribution in [3.8, 4) is 11.1 Å². The summed E-state index contributed by atoms with van der Waals surface area (Å²) in [6, 6.07) is 9.27. The van der Waals surface area contributed by atoms with Gasteiger partial charge in [0.15, 0.2) is 0 Å². The lowest BCUT2D eigenvalue weighted by molar-refractivity contribution is -0.376. The van der Waals surface area contributed by atoms with Crippen LogP contribution in [0.2, 0.25) is 0 Å². The van der Waals surface area contributed by atoms with Gasteiger partial charge in [0, 0.05) is 29.9 Å². The quantitative estimate of drug-likeness (QED) is 0.217. The highest BCUT2D eigenvalue weighted by atomic mass is 32.2. The Bertz CT molecular complexity index is 1950. The van der Waals surface area contributed by atoms with E-state index in [-0.39, 0.29) is 39.7 Å². The summed E-state index contributed by atoms with van der Waals surface area (Å²) < 4.78 is 125. The minimum absolute atomic E-state index is 0.0107. The van der Waals surface area contributed by atoms with Crippen LogP contribution in [0.15, 0.2) is 75.1 Å². The number of halogens is 7. The van der Waals surface area contributed by atoms with E-state index >= 15 is 0 Å². The van der Waals surface area contributed by atoms with Gasteiger partial charge in [-0.1, -0.05) is 38.1 Å². The van der Waals surface area contributed by atoms with E-state index in [1.165, 1.54) is 41.0 Å². The SMILES string of the molecule is CCCn1c(=O)c2cc(S(=O)(=O)Nc3ccc(-c4ccc(C(O)(C(F)(F)F)C(F)(F)F)cc4F)cc3)ccc2n(CCC)c1=O. The van der Waals surface area contributed by atoms with E-state index in [1.807, 2.05) is 6.92 Å². The summed E-state index contributed by atoms with van der Waals surface area (Å²) in [4.78, 5) is 25.7. The van der Waals surface area contributed by atoms with E-state index in [0.29, 0.717) is 31.5 Å². The maximum absolute atomic E-state index is 14.8. The molecule has 0 saturated heterocycles. The van der Waals surface area contributed by atoms with Crippen LogP contribution in [0.3, 0.4) is 0 Å². The number of benzene rings is 3. The third-order valence-electron chi connectivity index (χ3n) is 7.06. The zero-order chi connectivity index (χ0) is 33.5. The Balaban J connectivity index is 1.66. The molecule has 1 heterocycles. The largest absolute Gasteiger partial charge is 0.430 e. The molecule has 0 bridgehead atoms. The molecule has 0 unspecified atom stereocenters. The van der Waals surface area contributed by atoms with Crippen LogP contribution in [0.25, 0.3) is 22.0 Å². The number of anilines is 1. The van der Waals surface area contributed by atoms with Crippen LogP contribution in [-0.4, -0.2) is 35.0 Å². The Morgan fingerprint density at radius 1 is 0.800 bits per heavy atom. The minimum Gasteiger partial charge on any atom is -0.369 e. The average Bonchev–Trinajstić information content (AvgIpc) is 2.96. The predicted molar refractivity (Wildman–Crippen MR) is 152 cm³/mol. The second kappa shape index (κ2) is 12.0. The number of hydrogen-bond acceptors (Lipinski definition) is 5. The molecule has 0 spiro atoms. The van der Waals surface area contributed by atoms with E-state index in [0.717, 1.165) is 10.6 Å². The van der Waals surface area contributed by atoms with Crippen molar-refractivity contribution in [1.82, 2.24) is 9.13 Å². The topological polar surface area (TPSA) is 110 Å². The van der Waals surface area contributed by atoms with Crippen LogP contribution in [0.1, 0.15) is 32.3 Å². The molecule has 4 aromatic rings. The van der Waals surface area contributed by atoms with E-state index in [2.05, 4.69) is 4.72 Å². The first-order chi connectivity index (χ1) is 20.9. The molecule has 1 aromatic heterocycles. The highest BCUT2D eigenvalue weighted by molar-refractivity contribution is 7.92. The second-order valence-electron chi connectivity index (χ2n) is 10.2. The molecule has 8 nitrogen and oxygen atoms in total. The fraction of sp³-hybridized carbons (Fsp3) is 0.310. The maximum Gasteiger partial charge on any atom is 0.430 e. The number of fused-ring (bicyclic) bond motifs is 1. The fourth-order valence-corrected chi connectivity index (χ4v) is 5.91. The number of aliphatic hydroxyl groups is 1. The third kappa shape index (κ3) is 6.08. The van der Waals surface area contributed by atoms with Crippen LogP contribution < -0.4 is 16.0 Å². The van der Waals surface area contributed by atoms with Gasteiger partial charge in [0.1, 0.15) is 5.82 Å². The number of aromatic nitrogens is 2. The molecule has 45 heavy (non-hydrogen) atoms. The Morgan fingerprint density at radius 2 is 1.38 bits per heavy atom. The van der Waals surface area contributed by atoms with Gasteiger partial charge in [-0.15, -0.1) is 0 Å². The first-order valence-corrected chi connectivity index (χ1v) is 14.9. The molecule has 242 valence electrons. The predicted octanol–water partition coefficient (Wildman–Crippen LogP) is 5.90. The average molecular weight is 662 g/mol. The van der Waals surface area contributed by atoms with E-state index in [9.17, 15) is 53.8 Å². The van der Waals surface area contributed by atoms with Gasteiger partial charge in [0.2, 0.25) is 0 Å². The number of aryl methyl sites for hydroxylation is 1. The molecule has 2 N–H and O–H groups in total. The molecule has 0 radical (unpaired) electrons. The van der Waals surface area contributed by atoms with Crippen molar-refractivity contribution in [3.05, 3.63) is 92.9 Å². The van der Waals surface area contributed by atoms with Crippen LogP contribution in [0.5, 0.6) is 0 Å². The number of rotatable bonds is 9. The maximum atomic E-state index is 14.8. The summed E-state index contributed by atoms with van der Waals surface area (Å²) >= 11 is 0. The number of alkyl halides is 6. The minimum atomic E-state index is -6.19. The molecule has 0 aliphatic heterocycles. The molecular formula is C29H26F7N3O5S. The first-order valence-electron chi connectivity index (χ1n) is 13.4. The molecule has 0 saturated carbocycles. The summed E-state index contributed by atoms with van der Waals surface area (Å²) in [7, 11) is -4.32. The van der Waals surface area contributed by atoms with Gasteiger partial charge in [0.25, 0.3) is 21.2 Å². The Hall–Kier alpha value is -4.18. The van der Waals surface area contributed by atoms with Gasteiger partial charge < -0.3 is 5.11 Å². The van der Waals surface area contributed by atoms with Gasteiger partial charge in [0.05, 0.1) is 15.8 Å². The first kappa shape index (κ1) is 33.7.